The molecular weight excluding hydrogens is 352 g/mol. The molecule has 0 bridgehead atoms. The molecule has 0 aliphatic carbocycles. The number of aryl methyl sites for hydroxylation is 2. The molecule has 6 heteroatoms. The molecule has 0 fully saturated rings. The third kappa shape index (κ3) is 5.30. The number of hydrogen-bond acceptors (Lipinski definition) is 5. The van der Waals surface area contributed by atoms with Crippen molar-refractivity contribution in [2.75, 3.05) is 17.2 Å². The monoisotopic (exact) mass is 376 g/mol. The number of aromatic nitrogens is 2. The maximum absolute atomic E-state index is 12.6. The fourth-order valence-electron chi connectivity index (χ4n) is 2.65. The minimum absolute atomic E-state index is 0.284. The van der Waals surface area contributed by atoms with E-state index in [0.717, 1.165) is 17.0 Å². The number of carbonyl (C=O) groups is 1. The van der Waals surface area contributed by atoms with Crippen molar-refractivity contribution in [3.05, 3.63) is 77.1 Å². The molecule has 1 aromatic heterocycles. The second kappa shape index (κ2) is 8.99. The van der Waals surface area contributed by atoms with Crippen LogP contribution in [0.4, 0.5) is 11.6 Å². The molecule has 0 saturated carbocycles. The molecule has 6 nitrogen and oxygen atoms in total. The van der Waals surface area contributed by atoms with E-state index >= 15 is 0 Å². The van der Waals surface area contributed by atoms with Crippen LogP contribution in [0, 0.1) is 13.8 Å². The van der Waals surface area contributed by atoms with Gasteiger partial charge in [0.1, 0.15) is 11.4 Å². The first-order valence-electron chi connectivity index (χ1n) is 9.23. The van der Waals surface area contributed by atoms with E-state index in [4.69, 9.17) is 4.74 Å². The summed E-state index contributed by atoms with van der Waals surface area (Å²) < 4.78 is 5.41. The number of amides is 1. The fourth-order valence-corrected chi connectivity index (χ4v) is 2.65. The summed E-state index contributed by atoms with van der Waals surface area (Å²) in [6, 6.07) is 17.1. The Balaban J connectivity index is 1.67. The van der Waals surface area contributed by atoms with Gasteiger partial charge in [0.15, 0.2) is 0 Å². The first-order valence-corrected chi connectivity index (χ1v) is 9.23. The molecule has 0 spiro atoms. The van der Waals surface area contributed by atoms with E-state index in [1.165, 1.54) is 5.56 Å². The molecule has 0 radical (unpaired) electrons. The molecule has 0 unspecified atom stereocenters. The maximum Gasteiger partial charge on any atom is 0.274 e. The van der Waals surface area contributed by atoms with Crippen LogP contribution in [-0.4, -0.2) is 22.5 Å². The highest BCUT2D eigenvalue weighted by Gasteiger charge is 2.11. The number of rotatable bonds is 7. The lowest BCUT2D eigenvalue weighted by Crippen LogP contribution is -2.16. The van der Waals surface area contributed by atoms with Gasteiger partial charge in [-0.15, -0.1) is 0 Å². The molecule has 3 aromatic rings. The third-order valence-corrected chi connectivity index (χ3v) is 4.08. The molecule has 28 heavy (non-hydrogen) atoms. The van der Waals surface area contributed by atoms with Crippen LogP contribution in [0.25, 0.3) is 0 Å². The van der Waals surface area contributed by atoms with Gasteiger partial charge < -0.3 is 15.4 Å². The third-order valence-electron chi connectivity index (χ3n) is 4.08. The molecule has 1 heterocycles. The van der Waals surface area contributed by atoms with Gasteiger partial charge in [-0.05, 0) is 56.7 Å². The van der Waals surface area contributed by atoms with Crippen LogP contribution in [-0.2, 0) is 6.54 Å². The van der Waals surface area contributed by atoms with E-state index in [1.54, 1.807) is 18.2 Å². The van der Waals surface area contributed by atoms with Crippen LogP contribution in [0.15, 0.2) is 54.6 Å². The molecule has 2 N–H and O–H groups in total. The van der Waals surface area contributed by atoms with E-state index in [-0.39, 0.29) is 5.91 Å². The quantitative estimate of drug-likeness (QED) is 0.641. The van der Waals surface area contributed by atoms with Gasteiger partial charge in [-0.3, -0.25) is 4.79 Å². The minimum atomic E-state index is -0.284. The van der Waals surface area contributed by atoms with Gasteiger partial charge in [-0.2, -0.15) is 0 Å². The Hall–Kier alpha value is -3.41. The van der Waals surface area contributed by atoms with Crippen LogP contribution < -0.4 is 15.4 Å². The van der Waals surface area contributed by atoms with Crippen LogP contribution in [0.2, 0.25) is 0 Å². The first-order chi connectivity index (χ1) is 13.5. The van der Waals surface area contributed by atoms with Crippen LogP contribution in [0.3, 0.4) is 0 Å². The summed E-state index contributed by atoms with van der Waals surface area (Å²) >= 11 is 0. The summed E-state index contributed by atoms with van der Waals surface area (Å²) in [5.41, 5.74) is 4.05. The molecule has 3 rings (SSSR count). The van der Waals surface area contributed by atoms with E-state index < -0.39 is 0 Å². The zero-order valence-corrected chi connectivity index (χ0v) is 16.3. The number of nitrogens with zero attached hydrogens (tertiary/aromatic N) is 2. The highest BCUT2D eigenvalue weighted by atomic mass is 16.5. The van der Waals surface area contributed by atoms with Crippen LogP contribution in [0.1, 0.15) is 34.2 Å². The van der Waals surface area contributed by atoms with Crippen molar-refractivity contribution in [1.29, 1.82) is 0 Å². The normalized spacial score (nSPS) is 10.4. The van der Waals surface area contributed by atoms with Gasteiger partial charge in [-0.1, -0.05) is 29.8 Å². The topological polar surface area (TPSA) is 76.1 Å². The molecule has 1 amide bonds. The standard InChI is InChI=1S/C22H24N4O2/c1-4-28-19-11-9-18(10-12-19)25-21(27)20-13-16(3)24-22(26-20)23-14-17-7-5-15(2)6-8-17/h5-13H,4,14H2,1-3H3,(H,25,27)(H,23,24,26). The summed E-state index contributed by atoms with van der Waals surface area (Å²) in [5, 5.41) is 6.03. The van der Waals surface area contributed by atoms with E-state index in [0.29, 0.717) is 30.5 Å². The Morgan fingerprint density at radius 3 is 2.39 bits per heavy atom. The van der Waals surface area contributed by atoms with Crippen molar-refractivity contribution in [3.8, 4) is 5.75 Å². The zero-order valence-electron chi connectivity index (χ0n) is 16.3. The SMILES string of the molecule is CCOc1ccc(NC(=O)c2cc(C)nc(NCc3ccc(C)cc3)n2)cc1. The largest absolute Gasteiger partial charge is 0.494 e. The van der Waals surface area contributed by atoms with Gasteiger partial charge in [-0.25, -0.2) is 9.97 Å². The lowest BCUT2D eigenvalue weighted by Gasteiger charge is -2.10. The van der Waals surface area contributed by atoms with Crippen molar-refractivity contribution in [2.45, 2.75) is 27.3 Å². The first kappa shape index (κ1) is 19.4. The number of anilines is 2. The number of carbonyl (C=O) groups excluding carboxylic acids is 1. The van der Waals surface area contributed by atoms with Crippen molar-refractivity contribution in [2.24, 2.45) is 0 Å². The van der Waals surface area contributed by atoms with E-state index in [2.05, 4.69) is 51.8 Å². The summed E-state index contributed by atoms with van der Waals surface area (Å²) in [7, 11) is 0. The average Bonchev–Trinajstić information content (AvgIpc) is 2.69. The summed E-state index contributed by atoms with van der Waals surface area (Å²) in [6.07, 6.45) is 0. The number of hydrogen-bond donors (Lipinski definition) is 2. The molecule has 144 valence electrons. The van der Waals surface area contributed by atoms with Gasteiger partial charge in [0.25, 0.3) is 5.91 Å². The minimum Gasteiger partial charge on any atom is -0.494 e. The smallest absolute Gasteiger partial charge is 0.274 e. The Morgan fingerprint density at radius 1 is 1.00 bits per heavy atom. The second-order valence-corrected chi connectivity index (χ2v) is 6.47. The zero-order chi connectivity index (χ0) is 19.9. The molecule has 0 atom stereocenters. The maximum atomic E-state index is 12.6. The van der Waals surface area contributed by atoms with Crippen molar-refractivity contribution in [3.63, 3.8) is 0 Å². The number of ether oxygens (including phenoxy) is 1. The molecular formula is C22H24N4O2. The van der Waals surface area contributed by atoms with Gasteiger partial charge in [0.05, 0.1) is 6.61 Å². The van der Waals surface area contributed by atoms with Crippen molar-refractivity contribution >= 4 is 17.5 Å². The highest BCUT2D eigenvalue weighted by molar-refractivity contribution is 6.03. The fraction of sp³-hybridized carbons (Fsp3) is 0.227. The van der Waals surface area contributed by atoms with E-state index in [1.807, 2.05) is 26.0 Å². The Bertz CT molecular complexity index is 938. The molecule has 0 aliphatic heterocycles. The Morgan fingerprint density at radius 2 is 1.71 bits per heavy atom. The van der Waals surface area contributed by atoms with Gasteiger partial charge in [0.2, 0.25) is 5.95 Å². The summed E-state index contributed by atoms with van der Waals surface area (Å²) in [4.78, 5) is 21.3. The molecule has 0 saturated heterocycles. The number of benzene rings is 2. The average molecular weight is 376 g/mol. The Kier molecular flexibility index (Phi) is 6.22. The van der Waals surface area contributed by atoms with Crippen molar-refractivity contribution in [1.82, 2.24) is 9.97 Å². The van der Waals surface area contributed by atoms with Crippen LogP contribution in [0.5, 0.6) is 5.75 Å². The lowest BCUT2D eigenvalue weighted by atomic mass is 10.1. The van der Waals surface area contributed by atoms with Crippen molar-refractivity contribution < 1.29 is 9.53 Å². The summed E-state index contributed by atoms with van der Waals surface area (Å²) in [5.74, 6) is 0.909. The number of nitrogens with one attached hydrogen (secondary N) is 2. The van der Waals surface area contributed by atoms with Gasteiger partial charge in [0, 0.05) is 17.9 Å². The van der Waals surface area contributed by atoms with E-state index in [9.17, 15) is 4.79 Å². The highest BCUT2D eigenvalue weighted by Crippen LogP contribution is 2.17. The predicted octanol–water partition coefficient (Wildman–Crippen LogP) is 4.36. The predicted molar refractivity (Wildman–Crippen MR) is 111 cm³/mol. The van der Waals surface area contributed by atoms with Crippen LogP contribution >= 0.6 is 0 Å². The lowest BCUT2D eigenvalue weighted by molar-refractivity contribution is 0.102. The molecule has 0 aliphatic rings. The molecule has 2 aromatic carbocycles. The summed E-state index contributed by atoms with van der Waals surface area (Å²) in [6.45, 7) is 7.01. The second-order valence-electron chi connectivity index (χ2n) is 6.47. The Labute approximate surface area is 165 Å². The van der Waals surface area contributed by atoms with Gasteiger partial charge >= 0.3 is 0 Å².